The van der Waals surface area contributed by atoms with Crippen LogP contribution in [0.5, 0.6) is 0 Å². The summed E-state index contributed by atoms with van der Waals surface area (Å²) in [5.74, 6) is 0.127. The normalized spacial score (nSPS) is 44.1. The van der Waals surface area contributed by atoms with Crippen LogP contribution in [-0.4, -0.2) is 89.6 Å². The van der Waals surface area contributed by atoms with Crippen molar-refractivity contribution in [2.45, 2.75) is 81.9 Å². The van der Waals surface area contributed by atoms with E-state index < -0.39 is 42.3 Å². The fourth-order valence-corrected chi connectivity index (χ4v) is 4.14. The highest BCUT2D eigenvalue weighted by Crippen LogP contribution is 2.31. The molecule has 0 aromatic heterocycles. The van der Waals surface area contributed by atoms with Gasteiger partial charge in [0.2, 0.25) is 0 Å². The zero-order chi connectivity index (χ0) is 20.4. The van der Waals surface area contributed by atoms with E-state index >= 15 is 0 Å². The number of Topliss-reactive ketones (excluding diaryl/α,β-unsaturated/α-hetero) is 1. The molecule has 9 atom stereocenters. The van der Waals surface area contributed by atoms with E-state index in [0.717, 1.165) is 0 Å². The third kappa shape index (κ3) is 5.24. The lowest BCUT2D eigenvalue weighted by Gasteiger charge is -2.47. The molecule has 7 N–H and O–H groups in total. The average Bonchev–Trinajstić information content (AvgIpc) is 2.58. The van der Waals surface area contributed by atoms with Crippen LogP contribution >= 0.6 is 0 Å². The molecular formula is C18H35N3O6. The van der Waals surface area contributed by atoms with Gasteiger partial charge in [-0.25, -0.2) is 0 Å². The van der Waals surface area contributed by atoms with Gasteiger partial charge in [0.1, 0.15) is 17.8 Å². The summed E-state index contributed by atoms with van der Waals surface area (Å²) in [4.78, 5) is 11.9. The SMILES string of the molecule is CNC1C(O)C(OC2C(O)CC(C)CC2NC(C)C(=O)CN)OCC1(C)O. The van der Waals surface area contributed by atoms with E-state index in [1.165, 1.54) is 0 Å². The number of ether oxygens (including phenoxy) is 2. The van der Waals surface area contributed by atoms with Gasteiger partial charge in [0.25, 0.3) is 0 Å². The fraction of sp³-hybridized carbons (Fsp3) is 0.944. The first-order chi connectivity index (χ1) is 12.6. The van der Waals surface area contributed by atoms with Gasteiger partial charge >= 0.3 is 0 Å². The van der Waals surface area contributed by atoms with Crippen LogP contribution in [0.4, 0.5) is 0 Å². The smallest absolute Gasteiger partial charge is 0.185 e. The number of hydrogen-bond acceptors (Lipinski definition) is 9. The van der Waals surface area contributed by atoms with Crippen LogP contribution < -0.4 is 16.4 Å². The van der Waals surface area contributed by atoms with Crippen molar-refractivity contribution in [1.29, 1.82) is 0 Å². The molecule has 0 aromatic rings. The van der Waals surface area contributed by atoms with Gasteiger partial charge in [0.05, 0.1) is 31.3 Å². The molecule has 1 saturated heterocycles. The lowest BCUT2D eigenvalue weighted by Crippen LogP contribution is -2.66. The summed E-state index contributed by atoms with van der Waals surface area (Å²) in [6, 6.07) is -1.40. The Morgan fingerprint density at radius 3 is 2.67 bits per heavy atom. The summed E-state index contributed by atoms with van der Waals surface area (Å²) < 4.78 is 11.5. The zero-order valence-corrected chi connectivity index (χ0v) is 16.6. The first kappa shape index (κ1) is 22.6. The molecule has 158 valence electrons. The lowest BCUT2D eigenvalue weighted by molar-refractivity contribution is -0.293. The minimum absolute atomic E-state index is 0.0143. The quantitative estimate of drug-likeness (QED) is 0.294. The van der Waals surface area contributed by atoms with Crippen LogP contribution in [-0.2, 0) is 14.3 Å². The van der Waals surface area contributed by atoms with Crippen LogP contribution in [0.1, 0.15) is 33.6 Å². The summed E-state index contributed by atoms with van der Waals surface area (Å²) >= 11 is 0. The minimum atomic E-state index is -1.24. The lowest BCUT2D eigenvalue weighted by atomic mass is 9.82. The molecule has 0 aromatic carbocycles. The molecule has 9 unspecified atom stereocenters. The molecule has 27 heavy (non-hydrogen) atoms. The van der Waals surface area contributed by atoms with Gasteiger partial charge in [-0.05, 0) is 39.7 Å². The van der Waals surface area contributed by atoms with Gasteiger partial charge in [-0.1, -0.05) is 6.92 Å². The number of ketones is 1. The Balaban J connectivity index is 2.11. The Kier molecular flexibility index (Phi) is 7.74. The van der Waals surface area contributed by atoms with Gasteiger partial charge in [-0.3, -0.25) is 4.79 Å². The third-order valence-electron chi connectivity index (χ3n) is 5.66. The molecule has 0 bridgehead atoms. The van der Waals surface area contributed by atoms with Crippen molar-refractivity contribution in [3.8, 4) is 0 Å². The molecule has 0 spiro atoms. The minimum Gasteiger partial charge on any atom is -0.390 e. The summed E-state index contributed by atoms with van der Waals surface area (Å²) in [5, 5.41) is 37.6. The average molecular weight is 389 g/mol. The van der Waals surface area contributed by atoms with Crippen molar-refractivity contribution in [1.82, 2.24) is 10.6 Å². The van der Waals surface area contributed by atoms with E-state index in [2.05, 4.69) is 10.6 Å². The summed E-state index contributed by atoms with van der Waals surface area (Å²) in [6.45, 7) is 5.27. The number of carbonyl (C=O) groups is 1. The molecule has 9 heteroatoms. The molecule has 9 nitrogen and oxygen atoms in total. The predicted octanol–water partition coefficient (Wildman–Crippen LogP) is -1.91. The maximum Gasteiger partial charge on any atom is 0.185 e. The molecule has 2 rings (SSSR count). The van der Waals surface area contributed by atoms with Gasteiger partial charge in [0, 0.05) is 6.04 Å². The first-order valence-electron chi connectivity index (χ1n) is 9.62. The van der Waals surface area contributed by atoms with Crippen LogP contribution in [0.25, 0.3) is 0 Å². The standard InChI is InChI=1S/C18H35N3O6/c1-9-5-11(21-10(2)13(23)7-19)15(12(22)6-9)27-17-14(24)16(20-4)18(3,25)8-26-17/h9-12,14-17,20-22,24-25H,5-8,19H2,1-4H3. The third-order valence-corrected chi connectivity index (χ3v) is 5.66. The van der Waals surface area contributed by atoms with E-state index in [0.29, 0.717) is 12.8 Å². The Morgan fingerprint density at radius 1 is 1.41 bits per heavy atom. The Hall–Kier alpha value is -0.650. The molecular weight excluding hydrogens is 354 g/mol. The number of aliphatic hydroxyl groups excluding tert-OH is 2. The van der Waals surface area contributed by atoms with Crippen LogP contribution in [0.15, 0.2) is 0 Å². The van der Waals surface area contributed by atoms with Crippen molar-refractivity contribution >= 4 is 5.78 Å². The Bertz CT molecular complexity index is 505. The number of nitrogens with two attached hydrogens (primary N) is 1. The van der Waals surface area contributed by atoms with E-state index in [4.69, 9.17) is 15.2 Å². The molecule has 0 radical (unpaired) electrons. The molecule has 1 saturated carbocycles. The van der Waals surface area contributed by atoms with Gasteiger partial charge in [0.15, 0.2) is 12.1 Å². The van der Waals surface area contributed by atoms with Crippen molar-refractivity contribution in [2.75, 3.05) is 20.2 Å². The first-order valence-corrected chi connectivity index (χ1v) is 9.62. The Morgan fingerprint density at radius 2 is 2.07 bits per heavy atom. The summed E-state index contributed by atoms with van der Waals surface area (Å²) in [5.41, 5.74) is 4.19. The molecule has 2 aliphatic rings. The Labute approximate surface area is 160 Å². The highest BCUT2D eigenvalue weighted by molar-refractivity contribution is 5.85. The van der Waals surface area contributed by atoms with Crippen molar-refractivity contribution in [2.24, 2.45) is 11.7 Å². The van der Waals surface area contributed by atoms with Crippen molar-refractivity contribution in [3.63, 3.8) is 0 Å². The molecule has 2 fully saturated rings. The van der Waals surface area contributed by atoms with E-state index in [1.54, 1.807) is 20.9 Å². The maximum absolute atomic E-state index is 11.9. The van der Waals surface area contributed by atoms with E-state index in [-0.39, 0.29) is 30.9 Å². The van der Waals surface area contributed by atoms with Gasteiger partial charge in [-0.15, -0.1) is 0 Å². The number of aliphatic hydroxyl groups is 3. The highest BCUT2D eigenvalue weighted by atomic mass is 16.7. The second kappa shape index (κ2) is 9.23. The second-order valence-electron chi connectivity index (χ2n) is 8.20. The summed E-state index contributed by atoms with van der Waals surface area (Å²) in [7, 11) is 1.65. The molecule has 1 aliphatic heterocycles. The zero-order valence-electron chi connectivity index (χ0n) is 16.6. The predicted molar refractivity (Wildman–Crippen MR) is 98.9 cm³/mol. The van der Waals surface area contributed by atoms with Gasteiger partial charge in [-0.2, -0.15) is 0 Å². The van der Waals surface area contributed by atoms with Gasteiger partial charge < -0.3 is 41.2 Å². The van der Waals surface area contributed by atoms with Crippen LogP contribution in [0.3, 0.4) is 0 Å². The second-order valence-corrected chi connectivity index (χ2v) is 8.20. The van der Waals surface area contributed by atoms with Crippen LogP contribution in [0, 0.1) is 5.92 Å². The molecule has 0 amide bonds. The highest BCUT2D eigenvalue weighted by Gasteiger charge is 2.48. The monoisotopic (exact) mass is 389 g/mol. The number of likely N-dealkylation sites (N-methyl/N-ethyl adjacent to an activating group) is 1. The topological polar surface area (TPSA) is 146 Å². The molecule has 1 aliphatic carbocycles. The summed E-state index contributed by atoms with van der Waals surface area (Å²) in [6.07, 6.45) is -2.28. The number of rotatable bonds is 7. The fourth-order valence-electron chi connectivity index (χ4n) is 4.14. The maximum atomic E-state index is 11.9. The largest absolute Gasteiger partial charge is 0.390 e. The van der Waals surface area contributed by atoms with Crippen LogP contribution in [0.2, 0.25) is 0 Å². The molecule has 1 heterocycles. The number of hydrogen-bond donors (Lipinski definition) is 6. The van der Waals surface area contributed by atoms with E-state index in [9.17, 15) is 20.1 Å². The number of nitrogens with one attached hydrogen (secondary N) is 2. The van der Waals surface area contributed by atoms with Crippen molar-refractivity contribution < 1.29 is 29.6 Å². The van der Waals surface area contributed by atoms with E-state index in [1.807, 2.05) is 6.92 Å². The van der Waals surface area contributed by atoms with Crippen molar-refractivity contribution in [3.05, 3.63) is 0 Å². The number of carbonyl (C=O) groups excluding carboxylic acids is 1.